The molecule has 5 unspecified atom stereocenters. The van der Waals surface area contributed by atoms with Crippen molar-refractivity contribution in [1.82, 2.24) is 5.32 Å². The van der Waals surface area contributed by atoms with E-state index in [2.05, 4.69) is 26.1 Å². The van der Waals surface area contributed by atoms with Crippen molar-refractivity contribution in [2.45, 2.75) is 244 Å². The third kappa shape index (κ3) is 26.9. The first-order chi connectivity index (χ1) is 26.6. The van der Waals surface area contributed by atoms with Crippen molar-refractivity contribution in [2.75, 3.05) is 6.61 Å². The molecule has 0 radical (unpaired) electrons. The van der Waals surface area contributed by atoms with E-state index in [0.29, 0.717) is 19.3 Å². The van der Waals surface area contributed by atoms with E-state index in [4.69, 9.17) is 18.7 Å². The van der Waals surface area contributed by atoms with Gasteiger partial charge in [-0.15, -0.1) is 0 Å². The van der Waals surface area contributed by atoms with Crippen LogP contribution in [-0.2, 0) is 37.7 Å². The van der Waals surface area contributed by atoms with Gasteiger partial charge in [-0.25, -0.2) is 0 Å². The number of nitrogens with one attached hydrogen (secondary N) is 1. The minimum atomic E-state index is -5.68. The van der Waals surface area contributed by atoms with Gasteiger partial charge in [0.2, 0.25) is 5.91 Å². The van der Waals surface area contributed by atoms with Crippen LogP contribution in [0.25, 0.3) is 0 Å². The van der Waals surface area contributed by atoms with Crippen LogP contribution in [0.5, 0.6) is 0 Å². The zero-order valence-corrected chi connectivity index (χ0v) is 35.7. The van der Waals surface area contributed by atoms with Crippen LogP contribution in [0.2, 0.25) is 0 Å². The molecule has 1 aliphatic heterocycles. The number of rotatable bonds is 36. The molecule has 55 heavy (non-hydrogen) atoms. The molecular weight excluding hydrogens is 725 g/mol. The van der Waals surface area contributed by atoms with E-state index in [-0.39, 0.29) is 19.3 Å². The first-order valence-corrected chi connectivity index (χ1v) is 23.7. The van der Waals surface area contributed by atoms with Gasteiger partial charge >= 0.3 is 11.9 Å². The van der Waals surface area contributed by atoms with Gasteiger partial charge in [-0.05, 0) is 19.3 Å². The average Bonchev–Trinajstić information content (AvgIpc) is 3.14. The number of phosphoric ester groups is 1. The van der Waals surface area contributed by atoms with E-state index in [9.17, 15) is 33.8 Å². The number of phosphoric acid groups is 1. The van der Waals surface area contributed by atoms with Crippen LogP contribution in [0, 0.1) is 0 Å². The summed E-state index contributed by atoms with van der Waals surface area (Å²) in [7, 11) is -5.68. The number of hydrogen-bond acceptors (Lipinski definition) is 11. The number of amides is 1. The first kappa shape index (κ1) is 51.5. The van der Waals surface area contributed by atoms with Crippen LogP contribution in [0.4, 0.5) is 0 Å². The van der Waals surface area contributed by atoms with Crippen molar-refractivity contribution in [1.29, 1.82) is 0 Å². The normalized spacial score (nSPS) is 20.0. The van der Waals surface area contributed by atoms with Crippen LogP contribution in [0.15, 0.2) is 0 Å². The molecule has 1 heterocycles. The molecule has 1 aliphatic rings. The van der Waals surface area contributed by atoms with Gasteiger partial charge in [0.15, 0.2) is 18.5 Å². The SMILES string of the molecule is CCCCCCCCCCCC(=O)NC1C(OP(=O)([O-])[O-])OC(CO)C(OC(=O)CCCCCCCCCCC)C1OC(=O)CCCCCCCCCCC. The number of carbonyl (C=O) groups is 3. The Bertz CT molecular complexity index is 1030. The lowest BCUT2D eigenvalue weighted by Gasteiger charge is -2.47. The summed E-state index contributed by atoms with van der Waals surface area (Å²) < 4.78 is 33.9. The number of aliphatic hydroxyl groups excluding tert-OH is 1. The number of carbonyl (C=O) groups excluding carboxylic acids is 3. The molecule has 0 aromatic carbocycles. The van der Waals surface area contributed by atoms with Crippen molar-refractivity contribution in [3.63, 3.8) is 0 Å². The first-order valence-electron chi connectivity index (χ1n) is 22.2. The van der Waals surface area contributed by atoms with Crippen LogP contribution >= 0.6 is 7.82 Å². The van der Waals surface area contributed by atoms with Gasteiger partial charge in [-0.2, -0.15) is 0 Å². The van der Waals surface area contributed by atoms with Crippen molar-refractivity contribution < 1.29 is 52.6 Å². The number of ether oxygens (including phenoxy) is 3. The van der Waals surface area contributed by atoms with Crippen LogP contribution in [-0.4, -0.2) is 60.2 Å². The Morgan fingerprint density at radius 1 is 0.564 bits per heavy atom. The molecule has 0 aromatic rings. The van der Waals surface area contributed by atoms with Crippen molar-refractivity contribution in [3.8, 4) is 0 Å². The predicted octanol–water partition coefficient (Wildman–Crippen LogP) is 8.62. The fourth-order valence-corrected chi connectivity index (χ4v) is 7.57. The molecule has 2 N–H and O–H groups in total. The molecule has 1 saturated heterocycles. The molecule has 324 valence electrons. The standard InChI is InChI=1S/C42H80NO11P/c1-4-7-10-13-16-19-22-25-28-31-36(45)43-39-41(53-38(47)33-30-27-24-21-18-15-12-9-6-3)40(35(34-44)51-42(39)54-55(48,49)50)52-37(46)32-29-26-23-20-17-14-11-8-5-2/h35,39-42,44H,4-34H2,1-3H3,(H,43,45)(H2,48,49,50)/p-2. The number of esters is 2. The Balaban J connectivity index is 3.00. The summed E-state index contributed by atoms with van der Waals surface area (Å²) in [5.41, 5.74) is 0. The molecular formula is C42H78NO11P-2. The number of aliphatic hydroxyl groups is 1. The van der Waals surface area contributed by atoms with E-state index in [1.807, 2.05) is 0 Å². The number of unbranched alkanes of at least 4 members (excludes halogenated alkanes) is 24. The van der Waals surface area contributed by atoms with Gasteiger partial charge < -0.3 is 43.5 Å². The molecule has 1 fully saturated rings. The second-order valence-electron chi connectivity index (χ2n) is 15.5. The highest BCUT2D eigenvalue weighted by Crippen LogP contribution is 2.36. The Labute approximate surface area is 333 Å². The molecule has 13 heteroatoms. The molecule has 5 atom stereocenters. The van der Waals surface area contributed by atoms with E-state index in [0.717, 1.165) is 77.0 Å². The van der Waals surface area contributed by atoms with Gasteiger partial charge in [0.25, 0.3) is 0 Å². The van der Waals surface area contributed by atoms with Crippen LogP contribution in [0.3, 0.4) is 0 Å². The second-order valence-corrected chi connectivity index (χ2v) is 16.6. The molecule has 0 aromatic heterocycles. The Kier molecular flexibility index (Phi) is 31.3. The van der Waals surface area contributed by atoms with Gasteiger partial charge in [0, 0.05) is 19.3 Å². The lowest BCUT2D eigenvalue weighted by atomic mass is 9.95. The second kappa shape index (κ2) is 33.4. The van der Waals surface area contributed by atoms with Gasteiger partial charge in [-0.1, -0.05) is 175 Å². The summed E-state index contributed by atoms with van der Waals surface area (Å²) in [6.45, 7) is 5.79. The highest BCUT2D eigenvalue weighted by Gasteiger charge is 2.51. The molecule has 1 amide bonds. The molecule has 0 bridgehead atoms. The van der Waals surface area contributed by atoms with Gasteiger partial charge in [-0.3, -0.25) is 14.4 Å². The monoisotopic (exact) mass is 804 g/mol. The van der Waals surface area contributed by atoms with Crippen molar-refractivity contribution in [3.05, 3.63) is 0 Å². The highest BCUT2D eigenvalue weighted by molar-refractivity contribution is 7.43. The van der Waals surface area contributed by atoms with Gasteiger partial charge in [0.05, 0.1) is 14.4 Å². The predicted molar refractivity (Wildman–Crippen MR) is 212 cm³/mol. The molecule has 0 spiro atoms. The maximum absolute atomic E-state index is 13.3. The summed E-state index contributed by atoms with van der Waals surface area (Å²) in [5.74, 6) is -1.73. The zero-order chi connectivity index (χ0) is 40.6. The highest BCUT2D eigenvalue weighted by atomic mass is 31.2. The Hall–Kier alpha value is -1.56. The Morgan fingerprint density at radius 3 is 1.27 bits per heavy atom. The zero-order valence-electron chi connectivity index (χ0n) is 34.8. The summed E-state index contributed by atoms with van der Waals surface area (Å²) in [6, 6.07) is -1.50. The lowest BCUT2D eigenvalue weighted by Crippen LogP contribution is -2.66. The van der Waals surface area contributed by atoms with Crippen LogP contribution < -0.4 is 15.1 Å². The number of hydrogen-bond donors (Lipinski definition) is 2. The average molecular weight is 804 g/mol. The summed E-state index contributed by atoms with van der Waals surface area (Å²) in [6.07, 6.45) is 22.4. The smallest absolute Gasteiger partial charge is 0.306 e. The molecule has 1 rings (SSSR count). The fraction of sp³-hybridized carbons (Fsp3) is 0.929. The summed E-state index contributed by atoms with van der Waals surface area (Å²) in [5, 5.41) is 12.9. The van der Waals surface area contributed by atoms with Crippen molar-refractivity contribution >= 4 is 25.7 Å². The van der Waals surface area contributed by atoms with Crippen molar-refractivity contribution in [2.24, 2.45) is 0 Å². The third-order valence-electron chi connectivity index (χ3n) is 10.4. The minimum Gasteiger partial charge on any atom is -0.790 e. The topological polar surface area (TPSA) is 184 Å². The minimum absolute atomic E-state index is 0.0440. The molecule has 0 saturated carbocycles. The molecule has 0 aliphatic carbocycles. The third-order valence-corrected chi connectivity index (χ3v) is 10.9. The van der Waals surface area contributed by atoms with Gasteiger partial charge in [0.1, 0.15) is 12.1 Å². The summed E-state index contributed by atoms with van der Waals surface area (Å²) in [4.78, 5) is 63.3. The van der Waals surface area contributed by atoms with E-state index >= 15 is 0 Å². The lowest BCUT2D eigenvalue weighted by molar-refractivity contribution is -0.362. The molecule has 12 nitrogen and oxygen atoms in total. The maximum atomic E-state index is 13.3. The quantitative estimate of drug-likeness (QED) is 0.0351. The summed E-state index contributed by atoms with van der Waals surface area (Å²) >= 11 is 0. The Morgan fingerprint density at radius 2 is 0.909 bits per heavy atom. The largest absolute Gasteiger partial charge is 0.790 e. The van der Waals surface area contributed by atoms with E-state index in [1.54, 1.807) is 0 Å². The van der Waals surface area contributed by atoms with E-state index < -0.39 is 62.9 Å². The van der Waals surface area contributed by atoms with E-state index in [1.165, 1.54) is 77.0 Å². The maximum Gasteiger partial charge on any atom is 0.306 e. The fourth-order valence-electron chi connectivity index (χ4n) is 7.14. The van der Waals surface area contributed by atoms with Crippen LogP contribution in [0.1, 0.15) is 213 Å².